The first-order valence-corrected chi connectivity index (χ1v) is 6.26. The van der Waals surface area contributed by atoms with E-state index in [-0.39, 0.29) is 11.9 Å². The first kappa shape index (κ1) is 12.6. The summed E-state index contributed by atoms with van der Waals surface area (Å²) in [6.07, 6.45) is 1.94. The number of unbranched alkanes of at least 4 members (excludes halogenated alkanes) is 1. The number of nitrogens with one attached hydrogen (secondary N) is 2. The molecule has 4 nitrogen and oxygen atoms in total. The number of carbonyl (C=O) groups excluding carboxylic acids is 1. The molecule has 0 unspecified atom stereocenters. The van der Waals surface area contributed by atoms with Gasteiger partial charge in [-0.2, -0.15) is 5.26 Å². The number of amides is 1. The Morgan fingerprint density at radius 1 is 1.44 bits per heavy atom. The summed E-state index contributed by atoms with van der Waals surface area (Å²) in [7, 11) is 0. The largest absolute Gasteiger partial charge is 0.355 e. The lowest BCUT2D eigenvalue weighted by molar-refractivity contribution is -0.123. The number of nitriles is 1. The Morgan fingerprint density at radius 3 is 3.00 bits per heavy atom. The van der Waals surface area contributed by atoms with Gasteiger partial charge < -0.3 is 10.6 Å². The summed E-state index contributed by atoms with van der Waals surface area (Å²) in [5.41, 5.74) is 2.51. The Kier molecular flexibility index (Phi) is 4.32. The van der Waals surface area contributed by atoms with Gasteiger partial charge in [-0.1, -0.05) is 24.3 Å². The van der Waals surface area contributed by atoms with Crippen LogP contribution < -0.4 is 10.6 Å². The van der Waals surface area contributed by atoms with Crippen LogP contribution in [0.5, 0.6) is 0 Å². The third-order valence-electron chi connectivity index (χ3n) is 3.16. The molecule has 1 aromatic carbocycles. The van der Waals surface area contributed by atoms with Crippen LogP contribution in [0.3, 0.4) is 0 Å². The van der Waals surface area contributed by atoms with Crippen molar-refractivity contribution in [2.45, 2.75) is 31.8 Å². The first-order valence-electron chi connectivity index (χ1n) is 6.26. The van der Waals surface area contributed by atoms with E-state index in [1.54, 1.807) is 0 Å². The van der Waals surface area contributed by atoms with Gasteiger partial charge in [-0.15, -0.1) is 0 Å². The van der Waals surface area contributed by atoms with Gasteiger partial charge in [0.25, 0.3) is 0 Å². The van der Waals surface area contributed by atoms with Gasteiger partial charge >= 0.3 is 0 Å². The third-order valence-corrected chi connectivity index (χ3v) is 3.16. The maximum Gasteiger partial charge on any atom is 0.237 e. The normalized spacial score (nSPS) is 17.6. The highest BCUT2D eigenvalue weighted by atomic mass is 16.2. The lowest BCUT2D eigenvalue weighted by Gasteiger charge is -2.25. The zero-order valence-electron chi connectivity index (χ0n) is 10.3. The van der Waals surface area contributed by atoms with Crippen LogP contribution in [-0.4, -0.2) is 18.5 Å². The number of hydrogen-bond donors (Lipinski definition) is 2. The van der Waals surface area contributed by atoms with Crippen LogP contribution in [-0.2, 0) is 17.8 Å². The van der Waals surface area contributed by atoms with E-state index >= 15 is 0 Å². The van der Waals surface area contributed by atoms with Gasteiger partial charge in [-0.05, 0) is 24.0 Å². The molecule has 1 aliphatic heterocycles. The van der Waals surface area contributed by atoms with Gasteiger partial charge in [0.15, 0.2) is 0 Å². The van der Waals surface area contributed by atoms with Gasteiger partial charge in [-0.3, -0.25) is 4.79 Å². The number of carbonyl (C=O) groups is 1. The second kappa shape index (κ2) is 6.18. The molecule has 0 spiro atoms. The highest BCUT2D eigenvalue weighted by Crippen LogP contribution is 2.16. The molecule has 0 radical (unpaired) electrons. The van der Waals surface area contributed by atoms with Crippen molar-refractivity contribution in [3.05, 3.63) is 35.4 Å². The van der Waals surface area contributed by atoms with Gasteiger partial charge in [-0.25, -0.2) is 0 Å². The maximum absolute atomic E-state index is 11.9. The van der Waals surface area contributed by atoms with Crippen molar-refractivity contribution >= 4 is 5.91 Å². The van der Waals surface area contributed by atoms with E-state index in [9.17, 15) is 4.79 Å². The molecule has 0 saturated carbocycles. The molecule has 4 heteroatoms. The van der Waals surface area contributed by atoms with Crippen LogP contribution in [0, 0.1) is 11.3 Å². The SMILES string of the molecule is N#CCCCNC(=O)[C@H]1Cc2ccccc2CN1. The highest BCUT2D eigenvalue weighted by Gasteiger charge is 2.23. The minimum absolute atomic E-state index is 0.0300. The van der Waals surface area contributed by atoms with E-state index in [1.807, 2.05) is 12.1 Å². The Balaban J connectivity index is 1.85. The van der Waals surface area contributed by atoms with Crippen molar-refractivity contribution in [1.82, 2.24) is 10.6 Å². The lowest BCUT2D eigenvalue weighted by atomic mass is 9.95. The molecule has 1 amide bonds. The summed E-state index contributed by atoms with van der Waals surface area (Å²) < 4.78 is 0. The fourth-order valence-electron chi connectivity index (χ4n) is 2.14. The monoisotopic (exact) mass is 243 g/mol. The predicted octanol–water partition coefficient (Wildman–Crippen LogP) is 1.12. The smallest absolute Gasteiger partial charge is 0.237 e. The summed E-state index contributed by atoms with van der Waals surface area (Å²) in [4.78, 5) is 11.9. The van der Waals surface area contributed by atoms with Gasteiger partial charge in [0.05, 0.1) is 12.1 Å². The van der Waals surface area contributed by atoms with Crippen molar-refractivity contribution in [2.75, 3.05) is 6.54 Å². The lowest BCUT2D eigenvalue weighted by Crippen LogP contribution is -2.47. The first-order chi connectivity index (χ1) is 8.81. The zero-order valence-corrected chi connectivity index (χ0v) is 10.3. The Hall–Kier alpha value is -1.86. The number of benzene rings is 1. The van der Waals surface area contributed by atoms with Crippen LogP contribution in [0.25, 0.3) is 0 Å². The summed E-state index contributed by atoms with van der Waals surface area (Å²) in [5.74, 6) is 0.0300. The molecular weight excluding hydrogens is 226 g/mol. The van der Waals surface area contributed by atoms with Crippen LogP contribution in [0.2, 0.25) is 0 Å². The Morgan fingerprint density at radius 2 is 2.22 bits per heavy atom. The summed E-state index contributed by atoms with van der Waals surface area (Å²) in [6.45, 7) is 1.32. The van der Waals surface area contributed by atoms with Crippen molar-refractivity contribution in [2.24, 2.45) is 0 Å². The third kappa shape index (κ3) is 3.08. The Bertz CT molecular complexity index is 464. The molecule has 0 bridgehead atoms. The van der Waals surface area contributed by atoms with Crippen LogP contribution in [0.15, 0.2) is 24.3 Å². The Labute approximate surface area is 107 Å². The van der Waals surface area contributed by atoms with E-state index in [0.717, 1.165) is 13.0 Å². The number of rotatable bonds is 4. The average molecular weight is 243 g/mol. The topological polar surface area (TPSA) is 64.9 Å². The molecule has 2 rings (SSSR count). The molecule has 1 aliphatic rings. The quantitative estimate of drug-likeness (QED) is 0.779. The van der Waals surface area contributed by atoms with E-state index in [4.69, 9.17) is 5.26 Å². The maximum atomic E-state index is 11.9. The number of nitrogens with zero attached hydrogens (tertiary/aromatic N) is 1. The van der Waals surface area contributed by atoms with Crippen molar-refractivity contribution in [3.63, 3.8) is 0 Å². The fourth-order valence-corrected chi connectivity index (χ4v) is 2.14. The molecule has 2 N–H and O–H groups in total. The minimum Gasteiger partial charge on any atom is -0.355 e. The molecule has 0 saturated heterocycles. The molecule has 94 valence electrons. The number of hydrogen-bond acceptors (Lipinski definition) is 3. The van der Waals surface area contributed by atoms with E-state index < -0.39 is 0 Å². The molecule has 1 aromatic rings. The highest BCUT2D eigenvalue weighted by molar-refractivity contribution is 5.82. The van der Waals surface area contributed by atoms with E-state index in [1.165, 1.54) is 11.1 Å². The van der Waals surface area contributed by atoms with E-state index in [2.05, 4.69) is 28.8 Å². The fraction of sp³-hybridized carbons (Fsp3) is 0.429. The second-order valence-corrected chi connectivity index (χ2v) is 4.46. The predicted molar refractivity (Wildman–Crippen MR) is 68.6 cm³/mol. The summed E-state index contributed by atoms with van der Waals surface area (Å²) in [6, 6.07) is 10.1. The van der Waals surface area contributed by atoms with Crippen molar-refractivity contribution in [3.8, 4) is 6.07 Å². The standard InChI is InChI=1S/C14H17N3O/c15-7-3-4-8-16-14(18)13-9-11-5-1-2-6-12(11)10-17-13/h1-2,5-6,13,17H,3-4,8-10H2,(H,16,18)/t13-/m1/s1. The van der Waals surface area contributed by atoms with E-state index in [0.29, 0.717) is 19.4 Å². The van der Waals surface area contributed by atoms with Crippen LogP contribution in [0.1, 0.15) is 24.0 Å². The van der Waals surface area contributed by atoms with Gasteiger partial charge in [0.1, 0.15) is 0 Å². The zero-order chi connectivity index (χ0) is 12.8. The molecule has 0 aliphatic carbocycles. The van der Waals surface area contributed by atoms with Crippen molar-refractivity contribution in [1.29, 1.82) is 5.26 Å². The molecule has 0 fully saturated rings. The molecule has 1 heterocycles. The molecule has 1 atom stereocenters. The summed E-state index contributed by atoms with van der Waals surface area (Å²) >= 11 is 0. The van der Waals surface area contributed by atoms with Crippen LogP contribution >= 0.6 is 0 Å². The number of fused-ring (bicyclic) bond motifs is 1. The summed E-state index contributed by atoms with van der Waals surface area (Å²) in [5, 5.41) is 14.5. The van der Waals surface area contributed by atoms with Gasteiger partial charge in [0.2, 0.25) is 5.91 Å². The second-order valence-electron chi connectivity index (χ2n) is 4.46. The van der Waals surface area contributed by atoms with Crippen LogP contribution in [0.4, 0.5) is 0 Å². The molecule has 18 heavy (non-hydrogen) atoms. The van der Waals surface area contributed by atoms with Gasteiger partial charge in [0, 0.05) is 19.5 Å². The average Bonchev–Trinajstić information content (AvgIpc) is 2.43. The molecular formula is C14H17N3O. The van der Waals surface area contributed by atoms with Crippen molar-refractivity contribution < 1.29 is 4.79 Å². The molecule has 0 aromatic heterocycles. The minimum atomic E-state index is -0.151.